The number of nitrogens with two attached hydrogens (primary N) is 1. The number of carboxylic acids is 1. The molecule has 0 saturated carbocycles. The smallest absolute Gasteiger partial charge is 0.320 e. The minimum Gasteiger partial charge on any atom is -0.506 e. The van der Waals surface area contributed by atoms with E-state index in [-0.39, 0.29) is 12.2 Å². The van der Waals surface area contributed by atoms with Crippen LogP contribution in [0.2, 0.25) is 0 Å². The molecule has 35 heavy (non-hydrogen) atoms. The number of aliphatic carboxylic acids is 1. The van der Waals surface area contributed by atoms with E-state index in [2.05, 4.69) is 115 Å². The third-order valence-electron chi connectivity index (χ3n) is 4.67. The Morgan fingerprint density at radius 1 is 1.00 bits per heavy atom. The van der Waals surface area contributed by atoms with Gasteiger partial charge in [-0.2, -0.15) is 0 Å². The van der Waals surface area contributed by atoms with Crippen molar-refractivity contribution < 1.29 is 19.7 Å². The second-order valence-electron chi connectivity index (χ2n) is 7.52. The third kappa shape index (κ3) is 10.4. The molecule has 1 atom stereocenters. The zero-order chi connectivity index (χ0) is 26.0. The SMILES string of the molecule is CCCCNc1ccccc1.NC(Cc1cc(I)c(Oc2cc(I)c(O)c(I)c2)c(I)c1)C(=O)O. The molecule has 6 nitrogen and oxygen atoms in total. The van der Waals surface area contributed by atoms with Gasteiger partial charge >= 0.3 is 5.97 Å². The minimum atomic E-state index is -1.02. The lowest BCUT2D eigenvalue weighted by Crippen LogP contribution is -2.32. The number of phenols is 1. The van der Waals surface area contributed by atoms with Crippen molar-refractivity contribution in [3.63, 3.8) is 0 Å². The van der Waals surface area contributed by atoms with Crippen molar-refractivity contribution in [2.45, 2.75) is 32.2 Å². The molecule has 0 fully saturated rings. The Kier molecular flexibility index (Phi) is 13.7. The first-order valence-electron chi connectivity index (χ1n) is 10.7. The summed E-state index contributed by atoms with van der Waals surface area (Å²) in [5, 5.41) is 22.1. The van der Waals surface area contributed by atoms with Gasteiger partial charge in [0.25, 0.3) is 0 Å². The van der Waals surface area contributed by atoms with Crippen LogP contribution >= 0.6 is 90.4 Å². The van der Waals surface area contributed by atoms with E-state index in [1.807, 2.05) is 30.3 Å². The van der Waals surface area contributed by atoms with Gasteiger partial charge in [-0.05, 0) is 145 Å². The topological polar surface area (TPSA) is 105 Å². The number of halogens is 4. The number of anilines is 1. The summed E-state index contributed by atoms with van der Waals surface area (Å²) in [4.78, 5) is 10.9. The van der Waals surface area contributed by atoms with Crippen LogP contribution in [0.25, 0.3) is 0 Å². The van der Waals surface area contributed by atoms with Gasteiger partial charge in [0, 0.05) is 12.2 Å². The van der Waals surface area contributed by atoms with E-state index >= 15 is 0 Å². The van der Waals surface area contributed by atoms with Crippen molar-refractivity contribution >= 4 is 102 Å². The fourth-order valence-corrected chi connectivity index (χ4v) is 6.68. The Balaban J connectivity index is 0.000000328. The summed E-state index contributed by atoms with van der Waals surface area (Å²) in [7, 11) is 0. The molecule has 3 aromatic rings. The molecular weight excluding hydrogens is 900 g/mol. The monoisotopic (exact) mass is 926 g/mol. The maximum absolute atomic E-state index is 10.9. The van der Waals surface area contributed by atoms with Crippen molar-refractivity contribution in [2.24, 2.45) is 5.73 Å². The summed E-state index contributed by atoms with van der Waals surface area (Å²) in [5.74, 6) is 0.549. The Bertz CT molecular complexity index is 1080. The fraction of sp³-hybridized carbons (Fsp3) is 0.240. The summed E-state index contributed by atoms with van der Waals surface area (Å²) < 4.78 is 9.14. The van der Waals surface area contributed by atoms with Gasteiger partial charge in [0.2, 0.25) is 0 Å². The van der Waals surface area contributed by atoms with Crippen molar-refractivity contribution in [3.8, 4) is 17.2 Å². The third-order valence-corrected chi connectivity index (χ3v) is 7.92. The highest BCUT2D eigenvalue weighted by atomic mass is 127. The lowest BCUT2D eigenvalue weighted by atomic mass is 10.1. The highest BCUT2D eigenvalue weighted by Crippen LogP contribution is 2.36. The minimum absolute atomic E-state index is 0.242. The fourth-order valence-electron chi connectivity index (χ4n) is 2.85. The first-order chi connectivity index (χ1) is 16.6. The Hall–Kier alpha value is -0.590. The van der Waals surface area contributed by atoms with Crippen LogP contribution in [0.3, 0.4) is 0 Å². The highest BCUT2D eigenvalue weighted by molar-refractivity contribution is 14.1. The van der Waals surface area contributed by atoms with Gasteiger partial charge in [-0.3, -0.25) is 4.79 Å². The normalized spacial score (nSPS) is 11.3. The van der Waals surface area contributed by atoms with E-state index in [0.717, 1.165) is 19.2 Å². The molecule has 0 aliphatic heterocycles. The van der Waals surface area contributed by atoms with Gasteiger partial charge < -0.3 is 26.0 Å². The molecule has 0 radical (unpaired) electrons. The van der Waals surface area contributed by atoms with Crippen LogP contribution in [0.1, 0.15) is 25.3 Å². The lowest BCUT2D eigenvalue weighted by molar-refractivity contribution is -0.138. The number of rotatable bonds is 9. The summed E-state index contributed by atoms with van der Waals surface area (Å²) in [6.07, 6.45) is 2.76. The number of unbranched alkanes of at least 4 members (excludes halogenated alkanes) is 1. The average molecular weight is 926 g/mol. The van der Waals surface area contributed by atoms with Crippen molar-refractivity contribution in [1.29, 1.82) is 0 Å². The zero-order valence-electron chi connectivity index (χ0n) is 18.9. The summed E-state index contributed by atoms with van der Waals surface area (Å²) in [5.41, 5.74) is 7.67. The van der Waals surface area contributed by atoms with Gasteiger partial charge in [-0.15, -0.1) is 0 Å². The summed E-state index contributed by atoms with van der Waals surface area (Å²) in [6, 6.07) is 16.7. The van der Waals surface area contributed by atoms with Gasteiger partial charge in [0.05, 0.1) is 14.3 Å². The van der Waals surface area contributed by atoms with Gasteiger partial charge in [0.15, 0.2) is 5.75 Å². The molecule has 5 N–H and O–H groups in total. The predicted molar refractivity (Wildman–Crippen MR) is 175 cm³/mol. The highest BCUT2D eigenvalue weighted by Gasteiger charge is 2.16. The molecular formula is C25H26I4N2O4. The molecule has 10 heteroatoms. The van der Waals surface area contributed by atoms with Gasteiger partial charge in [-0.1, -0.05) is 31.5 Å². The number of para-hydroxylation sites is 1. The molecule has 188 valence electrons. The van der Waals surface area contributed by atoms with Crippen LogP contribution < -0.4 is 15.8 Å². The molecule has 0 bridgehead atoms. The first kappa shape index (κ1) is 30.6. The van der Waals surface area contributed by atoms with Crippen LogP contribution in [0.15, 0.2) is 54.6 Å². The molecule has 0 heterocycles. The number of hydrogen-bond acceptors (Lipinski definition) is 5. The van der Waals surface area contributed by atoms with Crippen molar-refractivity contribution in [3.05, 3.63) is 74.4 Å². The molecule has 0 aromatic heterocycles. The van der Waals surface area contributed by atoms with E-state index in [1.54, 1.807) is 12.1 Å². The molecule has 0 amide bonds. The van der Waals surface area contributed by atoms with Crippen molar-refractivity contribution in [1.82, 2.24) is 0 Å². The zero-order valence-corrected chi connectivity index (χ0v) is 27.5. The second kappa shape index (κ2) is 15.6. The lowest BCUT2D eigenvalue weighted by Gasteiger charge is -2.14. The van der Waals surface area contributed by atoms with Crippen LogP contribution in [0.4, 0.5) is 5.69 Å². The number of phenolic OH excluding ortho intramolecular Hbond substituents is 1. The number of carbonyl (C=O) groups is 1. The number of hydrogen-bond donors (Lipinski definition) is 4. The number of ether oxygens (including phenoxy) is 1. The molecule has 0 aliphatic rings. The molecule has 0 aliphatic carbocycles. The largest absolute Gasteiger partial charge is 0.506 e. The Morgan fingerprint density at radius 3 is 2.09 bits per heavy atom. The molecule has 3 rings (SSSR count). The first-order valence-corrected chi connectivity index (χ1v) is 15.0. The summed E-state index contributed by atoms with van der Waals surface area (Å²) >= 11 is 8.42. The van der Waals surface area contributed by atoms with Crippen molar-refractivity contribution in [2.75, 3.05) is 11.9 Å². The number of nitrogens with one attached hydrogen (secondary N) is 1. The molecule has 0 spiro atoms. The number of benzene rings is 3. The average Bonchev–Trinajstić information content (AvgIpc) is 2.81. The van der Waals surface area contributed by atoms with Crippen LogP contribution in [0, 0.1) is 14.3 Å². The maximum Gasteiger partial charge on any atom is 0.320 e. The van der Waals surface area contributed by atoms with E-state index in [0.29, 0.717) is 18.6 Å². The second-order valence-corrected chi connectivity index (χ2v) is 12.2. The summed E-state index contributed by atoms with van der Waals surface area (Å²) in [6.45, 7) is 3.28. The standard InChI is InChI=1S/C15H11I4NO4.C10H15N/c16-8-4-7(5-9(17)13(8)21)24-14-10(18)1-6(2-11(14)19)3-12(20)15(22)23;1-2-3-9-11-10-7-5-4-6-8-10/h1-2,4-5,12,21H,3,20H2,(H,22,23);4-8,11H,2-3,9H2,1H3. The predicted octanol–water partition coefficient (Wildman–Crippen LogP) is 7.46. The van der Waals surface area contributed by atoms with E-state index in [1.165, 1.54) is 18.5 Å². The quantitative estimate of drug-likeness (QED) is 0.131. The van der Waals surface area contributed by atoms with E-state index < -0.39 is 12.0 Å². The maximum atomic E-state index is 10.9. The van der Waals surface area contributed by atoms with E-state index in [4.69, 9.17) is 15.6 Å². The molecule has 0 saturated heterocycles. The van der Waals surface area contributed by atoms with Crippen LogP contribution in [-0.4, -0.2) is 28.8 Å². The Labute approximate surface area is 260 Å². The molecule has 1 unspecified atom stereocenters. The Morgan fingerprint density at radius 2 is 1.57 bits per heavy atom. The van der Waals surface area contributed by atoms with Crippen LogP contribution in [0.5, 0.6) is 17.2 Å². The van der Waals surface area contributed by atoms with Gasteiger partial charge in [0.1, 0.15) is 17.5 Å². The van der Waals surface area contributed by atoms with E-state index in [9.17, 15) is 9.90 Å². The van der Waals surface area contributed by atoms with Crippen LogP contribution in [-0.2, 0) is 11.2 Å². The molecule has 3 aromatic carbocycles. The number of carboxylic acid groups (broad SMARTS) is 1. The number of aromatic hydroxyl groups is 1. The van der Waals surface area contributed by atoms with Gasteiger partial charge in [-0.25, -0.2) is 0 Å².